The quantitative estimate of drug-likeness (QED) is 0.721. The van der Waals surface area contributed by atoms with Crippen LogP contribution in [0.25, 0.3) is 5.69 Å². The SMILES string of the molecule is Cc1ccc(-n2cnnc2SCC(=O)NCC23CC4CC(CC(C4)C2)C3)cc1C. The minimum absolute atomic E-state index is 0.111. The maximum absolute atomic E-state index is 12.6. The Hall–Kier alpha value is -1.82. The molecule has 2 aromatic rings. The van der Waals surface area contributed by atoms with Crippen LogP contribution in [0.2, 0.25) is 0 Å². The summed E-state index contributed by atoms with van der Waals surface area (Å²) in [5.74, 6) is 3.26. The molecule has 0 spiro atoms. The molecule has 4 bridgehead atoms. The standard InChI is InChI=1S/C23H30N4OS/c1-15-3-4-20(5-16(15)2)27-14-25-26-22(27)29-12-21(28)24-13-23-9-17-6-18(10-23)8-19(7-17)11-23/h3-5,14,17-19H,6-13H2,1-2H3,(H,24,28). The van der Waals surface area contributed by atoms with Crippen molar-refractivity contribution in [1.82, 2.24) is 20.1 Å². The number of hydrogen-bond donors (Lipinski definition) is 1. The van der Waals surface area contributed by atoms with E-state index in [9.17, 15) is 4.79 Å². The average Bonchev–Trinajstić information content (AvgIpc) is 3.14. The summed E-state index contributed by atoms with van der Waals surface area (Å²) in [6, 6.07) is 6.32. The van der Waals surface area contributed by atoms with Gasteiger partial charge in [-0.15, -0.1) is 10.2 Å². The molecule has 4 aliphatic carbocycles. The first-order valence-corrected chi connectivity index (χ1v) is 11.9. The highest BCUT2D eigenvalue weighted by Crippen LogP contribution is 2.59. The number of amides is 1. The lowest BCUT2D eigenvalue weighted by atomic mass is 9.49. The zero-order valence-corrected chi connectivity index (χ0v) is 18.2. The molecule has 4 fully saturated rings. The van der Waals surface area contributed by atoms with E-state index in [1.165, 1.54) is 61.4 Å². The summed E-state index contributed by atoms with van der Waals surface area (Å²) in [6.45, 7) is 5.07. The molecule has 1 amide bonds. The first kappa shape index (κ1) is 19.2. The van der Waals surface area contributed by atoms with Crippen molar-refractivity contribution < 1.29 is 4.79 Å². The van der Waals surface area contributed by atoms with Crippen LogP contribution in [0.4, 0.5) is 0 Å². The number of hydrogen-bond acceptors (Lipinski definition) is 4. The Bertz CT molecular complexity index is 886. The molecule has 1 aromatic heterocycles. The van der Waals surface area contributed by atoms with E-state index in [2.05, 4.69) is 47.6 Å². The third-order valence-electron chi connectivity index (χ3n) is 7.44. The van der Waals surface area contributed by atoms with Crippen LogP contribution >= 0.6 is 11.8 Å². The summed E-state index contributed by atoms with van der Waals surface area (Å²) < 4.78 is 1.96. The summed E-state index contributed by atoms with van der Waals surface area (Å²) in [7, 11) is 0. The van der Waals surface area contributed by atoms with E-state index in [1.54, 1.807) is 6.33 Å². The van der Waals surface area contributed by atoms with Crippen molar-refractivity contribution >= 4 is 17.7 Å². The summed E-state index contributed by atoms with van der Waals surface area (Å²) in [6.07, 6.45) is 10.0. The number of benzene rings is 1. The predicted octanol–water partition coefficient (Wildman–Crippen LogP) is 4.31. The molecule has 0 aliphatic heterocycles. The van der Waals surface area contributed by atoms with E-state index >= 15 is 0 Å². The summed E-state index contributed by atoms with van der Waals surface area (Å²) in [4.78, 5) is 12.6. The number of thioether (sulfide) groups is 1. The molecule has 0 radical (unpaired) electrons. The summed E-state index contributed by atoms with van der Waals surface area (Å²) >= 11 is 1.46. The summed E-state index contributed by atoms with van der Waals surface area (Å²) in [5.41, 5.74) is 3.92. The molecule has 6 rings (SSSR count). The van der Waals surface area contributed by atoms with Crippen LogP contribution in [-0.2, 0) is 4.79 Å². The van der Waals surface area contributed by atoms with Gasteiger partial charge in [-0.1, -0.05) is 17.8 Å². The van der Waals surface area contributed by atoms with E-state index in [0.29, 0.717) is 11.2 Å². The molecule has 1 N–H and O–H groups in total. The second kappa shape index (κ2) is 7.46. The number of carbonyl (C=O) groups excluding carboxylic acids is 1. The van der Waals surface area contributed by atoms with Gasteiger partial charge in [0.05, 0.1) is 5.75 Å². The minimum atomic E-state index is 0.111. The van der Waals surface area contributed by atoms with Gasteiger partial charge in [-0.3, -0.25) is 9.36 Å². The van der Waals surface area contributed by atoms with Crippen LogP contribution in [0.3, 0.4) is 0 Å². The molecule has 4 aliphatic rings. The van der Waals surface area contributed by atoms with Gasteiger partial charge in [-0.05, 0) is 98.8 Å². The van der Waals surface area contributed by atoms with Gasteiger partial charge >= 0.3 is 0 Å². The first-order chi connectivity index (χ1) is 14.0. The largest absolute Gasteiger partial charge is 0.355 e. The Morgan fingerprint density at radius 1 is 1.14 bits per heavy atom. The number of carbonyl (C=O) groups is 1. The molecule has 1 heterocycles. The van der Waals surface area contributed by atoms with Gasteiger partial charge in [0.25, 0.3) is 0 Å². The van der Waals surface area contributed by atoms with Gasteiger partial charge in [0.2, 0.25) is 5.91 Å². The fraction of sp³-hybridized carbons (Fsp3) is 0.609. The van der Waals surface area contributed by atoms with E-state index in [-0.39, 0.29) is 5.91 Å². The zero-order valence-electron chi connectivity index (χ0n) is 17.4. The van der Waals surface area contributed by atoms with Crippen LogP contribution in [0, 0.1) is 37.0 Å². The van der Waals surface area contributed by atoms with Crippen LogP contribution in [0.15, 0.2) is 29.7 Å². The lowest BCUT2D eigenvalue weighted by Crippen LogP contribution is -2.51. The Labute approximate surface area is 177 Å². The zero-order chi connectivity index (χ0) is 20.0. The molecule has 0 unspecified atom stereocenters. The molecule has 5 nitrogen and oxygen atoms in total. The van der Waals surface area contributed by atoms with Crippen LogP contribution in [0.1, 0.15) is 49.7 Å². The number of aromatic nitrogens is 3. The van der Waals surface area contributed by atoms with Gasteiger partial charge in [-0.25, -0.2) is 0 Å². The number of rotatable bonds is 6. The van der Waals surface area contributed by atoms with E-state index in [0.717, 1.165) is 35.1 Å². The van der Waals surface area contributed by atoms with Gasteiger partial charge in [0.15, 0.2) is 5.16 Å². The second-order valence-corrected chi connectivity index (χ2v) is 10.7. The minimum Gasteiger partial charge on any atom is -0.355 e. The number of aryl methyl sites for hydroxylation is 2. The van der Waals surface area contributed by atoms with E-state index in [1.807, 2.05) is 4.57 Å². The highest BCUT2D eigenvalue weighted by molar-refractivity contribution is 7.99. The lowest BCUT2D eigenvalue weighted by Gasteiger charge is -2.56. The molecular formula is C23H30N4OS. The maximum Gasteiger partial charge on any atom is 0.230 e. The first-order valence-electron chi connectivity index (χ1n) is 10.9. The molecule has 154 valence electrons. The molecular weight excluding hydrogens is 380 g/mol. The van der Waals surface area contributed by atoms with E-state index < -0.39 is 0 Å². The third-order valence-corrected chi connectivity index (χ3v) is 8.39. The molecule has 6 heteroatoms. The Balaban J connectivity index is 1.18. The van der Waals surface area contributed by atoms with Crippen molar-refractivity contribution in [3.05, 3.63) is 35.7 Å². The molecule has 1 aromatic carbocycles. The smallest absolute Gasteiger partial charge is 0.230 e. The topological polar surface area (TPSA) is 59.8 Å². The molecule has 0 saturated heterocycles. The molecule has 0 atom stereocenters. The fourth-order valence-corrected chi connectivity index (χ4v) is 7.11. The van der Waals surface area contributed by atoms with Gasteiger partial charge in [0, 0.05) is 12.2 Å². The Kier molecular flexibility index (Phi) is 4.93. The van der Waals surface area contributed by atoms with Crippen molar-refractivity contribution in [3.8, 4) is 5.69 Å². The molecule has 4 saturated carbocycles. The van der Waals surface area contributed by atoms with Crippen molar-refractivity contribution in [2.24, 2.45) is 23.2 Å². The van der Waals surface area contributed by atoms with Crippen LogP contribution in [-0.4, -0.2) is 33.0 Å². The van der Waals surface area contributed by atoms with Gasteiger partial charge in [0.1, 0.15) is 6.33 Å². The average molecular weight is 411 g/mol. The number of nitrogens with zero attached hydrogens (tertiary/aromatic N) is 3. The highest BCUT2D eigenvalue weighted by atomic mass is 32.2. The van der Waals surface area contributed by atoms with Crippen molar-refractivity contribution in [3.63, 3.8) is 0 Å². The third kappa shape index (κ3) is 3.83. The van der Waals surface area contributed by atoms with Crippen LogP contribution < -0.4 is 5.32 Å². The normalized spacial score (nSPS) is 29.9. The fourth-order valence-electron chi connectivity index (χ4n) is 6.35. The summed E-state index contributed by atoms with van der Waals surface area (Å²) in [5, 5.41) is 12.3. The van der Waals surface area contributed by atoms with E-state index in [4.69, 9.17) is 0 Å². The van der Waals surface area contributed by atoms with Crippen LogP contribution in [0.5, 0.6) is 0 Å². The van der Waals surface area contributed by atoms with Crippen molar-refractivity contribution in [1.29, 1.82) is 0 Å². The van der Waals surface area contributed by atoms with Gasteiger partial charge < -0.3 is 5.32 Å². The maximum atomic E-state index is 12.6. The van der Waals surface area contributed by atoms with Gasteiger partial charge in [-0.2, -0.15) is 0 Å². The van der Waals surface area contributed by atoms with Crippen molar-refractivity contribution in [2.75, 3.05) is 12.3 Å². The Morgan fingerprint density at radius 2 is 1.83 bits per heavy atom. The van der Waals surface area contributed by atoms with Crippen molar-refractivity contribution in [2.45, 2.75) is 57.5 Å². The highest BCUT2D eigenvalue weighted by Gasteiger charge is 2.50. The molecule has 29 heavy (non-hydrogen) atoms. The predicted molar refractivity (Wildman–Crippen MR) is 115 cm³/mol. The number of nitrogens with one attached hydrogen (secondary N) is 1. The Morgan fingerprint density at radius 3 is 2.48 bits per heavy atom. The lowest BCUT2D eigenvalue weighted by molar-refractivity contribution is -0.120. The monoisotopic (exact) mass is 410 g/mol. The second-order valence-electron chi connectivity index (χ2n) is 9.74.